The quantitative estimate of drug-likeness (QED) is 0.291. The van der Waals surface area contributed by atoms with Crippen molar-refractivity contribution in [2.45, 2.75) is 13.3 Å². The molecule has 2 aliphatic heterocycles. The molecule has 1 aromatic heterocycles. The number of anilines is 1. The van der Waals surface area contributed by atoms with Gasteiger partial charge in [-0.05, 0) is 37.1 Å². The molecule has 0 bridgehead atoms. The van der Waals surface area contributed by atoms with Gasteiger partial charge in [-0.1, -0.05) is 6.07 Å². The number of halogens is 1. The third kappa shape index (κ3) is 6.83. The minimum Gasteiger partial charge on any atom is -0.454 e. The van der Waals surface area contributed by atoms with E-state index in [1.807, 2.05) is 18.2 Å². The van der Waals surface area contributed by atoms with E-state index in [1.54, 1.807) is 12.4 Å². The summed E-state index contributed by atoms with van der Waals surface area (Å²) in [7, 11) is 0. The van der Waals surface area contributed by atoms with Crippen LogP contribution in [0.4, 0.5) is 5.95 Å². The highest BCUT2D eigenvalue weighted by molar-refractivity contribution is 14.0. The van der Waals surface area contributed by atoms with Crippen molar-refractivity contribution < 1.29 is 9.47 Å². The number of ether oxygens (including phenoxy) is 2. The van der Waals surface area contributed by atoms with Crippen molar-refractivity contribution in [3.05, 3.63) is 42.2 Å². The van der Waals surface area contributed by atoms with Crippen LogP contribution in [0.15, 0.2) is 41.7 Å². The molecule has 0 aliphatic carbocycles. The van der Waals surface area contributed by atoms with E-state index in [9.17, 15) is 0 Å². The first-order valence-electron chi connectivity index (χ1n) is 11.0. The van der Waals surface area contributed by atoms with Crippen LogP contribution in [0, 0.1) is 0 Å². The maximum atomic E-state index is 5.45. The SMILES string of the molecule is CCNC(=NCCN1CCN(c2ncccn2)CC1)NCCc1ccc2c(c1)OCO2.I. The van der Waals surface area contributed by atoms with Crippen molar-refractivity contribution in [1.29, 1.82) is 0 Å². The second-order valence-electron chi connectivity index (χ2n) is 7.50. The molecule has 0 radical (unpaired) electrons. The Morgan fingerprint density at radius 3 is 2.62 bits per heavy atom. The Kier molecular flexibility index (Phi) is 9.60. The molecule has 2 aliphatic rings. The summed E-state index contributed by atoms with van der Waals surface area (Å²) in [6.45, 7) is 9.65. The number of hydrogen-bond donors (Lipinski definition) is 2. The van der Waals surface area contributed by atoms with Gasteiger partial charge in [0.1, 0.15) is 0 Å². The molecular weight excluding hydrogens is 521 g/mol. The second-order valence-corrected chi connectivity index (χ2v) is 7.50. The molecule has 1 saturated heterocycles. The molecule has 1 aromatic carbocycles. The van der Waals surface area contributed by atoms with Gasteiger partial charge in [0.2, 0.25) is 12.7 Å². The first-order valence-corrected chi connectivity index (χ1v) is 11.0. The van der Waals surface area contributed by atoms with E-state index in [4.69, 9.17) is 14.5 Å². The van der Waals surface area contributed by atoms with E-state index in [-0.39, 0.29) is 24.0 Å². The van der Waals surface area contributed by atoms with Gasteiger partial charge in [0.25, 0.3) is 0 Å². The molecule has 0 saturated carbocycles. The Labute approximate surface area is 206 Å². The molecule has 4 rings (SSSR count). The summed E-state index contributed by atoms with van der Waals surface area (Å²) in [5, 5.41) is 6.75. The van der Waals surface area contributed by atoms with Crippen LogP contribution < -0.4 is 25.0 Å². The van der Waals surface area contributed by atoms with Crippen molar-refractivity contribution in [3.8, 4) is 11.5 Å². The van der Waals surface area contributed by atoms with Gasteiger partial charge in [-0.2, -0.15) is 0 Å². The Bertz CT molecular complexity index is 861. The number of piperazine rings is 1. The monoisotopic (exact) mass is 553 g/mol. The maximum absolute atomic E-state index is 5.45. The summed E-state index contributed by atoms with van der Waals surface area (Å²) in [6, 6.07) is 7.96. The fourth-order valence-electron chi connectivity index (χ4n) is 3.69. The van der Waals surface area contributed by atoms with Crippen LogP contribution in [0.1, 0.15) is 12.5 Å². The van der Waals surface area contributed by atoms with Crippen molar-refractivity contribution in [3.63, 3.8) is 0 Å². The van der Waals surface area contributed by atoms with Gasteiger partial charge < -0.3 is 25.0 Å². The zero-order valence-electron chi connectivity index (χ0n) is 18.5. The first kappa shape index (κ1) is 24.3. The molecule has 2 aromatic rings. The fourth-order valence-corrected chi connectivity index (χ4v) is 3.69. The van der Waals surface area contributed by atoms with E-state index in [0.717, 1.165) is 82.2 Å². The van der Waals surface area contributed by atoms with Crippen LogP contribution >= 0.6 is 24.0 Å². The summed E-state index contributed by atoms with van der Waals surface area (Å²) >= 11 is 0. The highest BCUT2D eigenvalue weighted by Gasteiger charge is 2.18. The summed E-state index contributed by atoms with van der Waals surface area (Å²) in [5.41, 5.74) is 1.22. The minimum absolute atomic E-state index is 0. The van der Waals surface area contributed by atoms with E-state index < -0.39 is 0 Å². The van der Waals surface area contributed by atoms with Crippen molar-refractivity contribution in [2.75, 3.05) is 64.1 Å². The summed E-state index contributed by atoms with van der Waals surface area (Å²) in [5.74, 6) is 3.33. The molecule has 0 unspecified atom stereocenters. The van der Waals surface area contributed by atoms with Gasteiger partial charge in [-0.3, -0.25) is 9.89 Å². The first-order chi connectivity index (χ1) is 15.3. The molecule has 9 nitrogen and oxygen atoms in total. The molecule has 32 heavy (non-hydrogen) atoms. The van der Waals surface area contributed by atoms with Crippen LogP contribution in [0.3, 0.4) is 0 Å². The smallest absolute Gasteiger partial charge is 0.231 e. The van der Waals surface area contributed by atoms with Crippen LogP contribution in [0.5, 0.6) is 11.5 Å². The van der Waals surface area contributed by atoms with Gasteiger partial charge in [-0.25, -0.2) is 9.97 Å². The average Bonchev–Trinajstić information content (AvgIpc) is 3.28. The largest absolute Gasteiger partial charge is 0.454 e. The van der Waals surface area contributed by atoms with E-state index in [0.29, 0.717) is 6.79 Å². The number of hydrogen-bond acceptors (Lipinski definition) is 7. The number of rotatable bonds is 8. The second kappa shape index (κ2) is 12.6. The third-order valence-corrected chi connectivity index (χ3v) is 5.38. The van der Waals surface area contributed by atoms with Crippen LogP contribution in [0.25, 0.3) is 0 Å². The topological polar surface area (TPSA) is 87.1 Å². The maximum Gasteiger partial charge on any atom is 0.231 e. The number of aliphatic imine (C=N–C) groups is 1. The van der Waals surface area contributed by atoms with Gasteiger partial charge in [-0.15, -0.1) is 24.0 Å². The van der Waals surface area contributed by atoms with Gasteiger partial charge >= 0.3 is 0 Å². The summed E-state index contributed by atoms with van der Waals surface area (Å²) in [6.07, 6.45) is 4.49. The van der Waals surface area contributed by atoms with Gasteiger partial charge in [0.05, 0.1) is 6.54 Å². The van der Waals surface area contributed by atoms with Crippen molar-refractivity contribution in [2.24, 2.45) is 4.99 Å². The summed E-state index contributed by atoms with van der Waals surface area (Å²) in [4.78, 5) is 18.1. The average molecular weight is 553 g/mol. The highest BCUT2D eigenvalue weighted by atomic mass is 127. The van der Waals surface area contributed by atoms with Crippen molar-refractivity contribution >= 4 is 35.9 Å². The lowest BCUT2D eigenvalue weighted by atomic mass is 10.1. The number of nitrogens with one attached hydrogen (secondary N) is 2. The molecule has 0 atom stereocenters. The number of benzene rings is 1. The van der Waals surface area contributed by atoms with E-state index in [1.165, 1.54) is 5.56 Å². The van der Waals surface area contributed by atoms with E-state index >= 15 is 0 Å². The molecule has 10 heteroatoms. The molecule has 2 N–H and O–H groups in total. The zero-order chi connectivity index (χ0) is 21.3. The van der Waals surface area contributed by atoms with Crippen LogP contribution in [-0.2, 0) is 6.42 Å². The van der Waals surface area contributed by atoms with Crippen LogP contribution in [0.2, 0.25) is 0 Å². The lowest BCUT2D eigenvalue weighted by Gasteiger charge is -2.34. The number of fused-ring (bicyclic) bond motifs is 1. The standard InChI is InChI=1S/C22H31N7O2.HI/c1-2-23-21(24-9-6-18-4-5-19-20(16-18)31-17-30-19)25-10-11-28-12-14-29(15-13-28)22-26-7-3-8-27-22;/h3-5,7-8,16H,2,6,9-15,17H2,1H3,(H2,23,24,25);1H. The van der Waals surface area contributed by atoms with E-state index in [2.05, 4.69) is 43.4 Å². The lowest BCUT2D eigenvalue weighted by Crippen LogP contribution is -2.47. The highest BCUT2D eigenvalue weighted by Crippen LogP contribution is 2.32. The molecule has 3 heterocycles. The van der Waals surface area contributed by atoms with Gasteiger partial charge in [0.15, 0.2) is 17.5 Å². The molecule has 174 valence electrons. The number of guanidine groups is 1. The predicted molar refractivity (Wildman–Crippen MR) is 136 cm³/mol. The Morgan fingerprint density at radius 1 is 1.06 bits per heavy atom. The van der Waals surface area contributed by atoms with Crippen LogP contribution in [-0.4, -0.2) is 80.0 Å². The Balaban J connectivity index is 0.00000289. The van der Waals surface area contributed by atoms with Crippen molar-refractivity contribution in [1.82, 2.24) is 25.5 Å². The third-order valence-electron chi connectivity index (χ3n) is 5.38. The summed E-state index contributed by atoms with van der Waals surface area (Å²) < 4.78 is 10.8. The number of nitrogens with zero attached hydrogens (tertiary/aromatic N) is 5. The zero-order valence-corrected chi connectivity index (χ0v) is 20.8. The number of aromatic nitrogens is 2. The molecular formula is C22H32IN7O2. The normalized spacial score (nSPS) is 15.9. The predicted octanol–water partition coefficient (Wildman–Crippen LogP) is 1.74. The minimum atomic E-state index is 0. The lowest BCUT2D eigenvalue weighted by molar-refractivity contribution is 0.174. The fraction of sp³-hybridized carbons (Fsp3) is 0.500. The molecule has 1 fully saturated rings. The molecule has 0 spiro atoms. The molecule has 0 amide bonds. The Hall–Kier alpha value is -2.34. The van der Waals surface area contributed by atoms with Gasteiger partial charge in [0, 0.05) is 58.2 Å². The Morgan fingerprint density at radius 2 is 1.84 bits per heavy atom.